The molecule has 0 aliphatic heterocycles. The average Bonchev–Trinajstić information content (AvgIpc) is 2.82. The summed E-state index contributed by atoms with van der Waals surface area (Å²) in [6.07, 6.45) is 1.54. The van der Waals surface area contributed by atoms with Gasteiger partial charge in [-0.15, -0.1) is 0 Å². The molecular weight excluding hydrogens is 416 g/mol. The number of ether oxygens (including phenoxy) is 1. The van der Waals surface area contributed by atoms with Crippen LogP contribution in [0.5, 0.6) is 5.88 Å². The fourth-order valence-electron chi connectivity index (χ4n) is 3.63. The number of esters is 1. The highest BCUT2D eigenvalue weighted by atomic mass is 16.5. The molecule has 33 heavy (non-hydrogen) atoms. The van der Waals surface area contributed by atoms with E-state index < -0.39 is 5.97 Å². The van der Waals surface area contributed by atoms with Gasteiger partial charge in [0.05, 0.1) is 29.1 Å². The van der Waals surface area contributed by atoms with Gasteiger partial charge in [-0.3, -0.25) is 9.79 Å². The number of aromatic nitrogens is 1. The summed E-state index contributed by atoms with van der Waals surface area (Å²) >= 11 is 0. The van der Waals surface area contributed by atoms with E-state index in [4.69, 9.17) is 4.74 Å². The lowest BCUT2D eigenvalue weighted by atomic mass is 10.1. The zero-order valence-electron chi connectivity index (χ0n) is 18.7. The van der Waals surface area contributed by atoms with Crippen LogP contribution < -0.4 is 5.56 Å². The van der Waals surface area contributed by atoms with E-state index in [0.29, 0.717) is 39.9 Å². The minimum Gasteiger partial charge on any atom is -0.494 e. The highest BCUT2D eigenvalue weighted by molar-refractivity contribution is 6.02. The molecule has 1 N–H and O–H groups in total. The quantitative estimate of drug-likeness (QED) is 0.340. The number of aromatic hydroxyl groups is 1. The maximum absolute atomic E-state index is 13.2. The second-order valence-corrected chi connectivity index (χ2v) is 7.72. The zero-order valence-corrected chi connectivity index (χ0v) is 18.7. The van der Waals surface area contributed by atoms with Crippen molar-refractivity contribution in [3.63, 3.8) is 0 Å². The third kappa shape index (κ3) is 4.28. The molecule has 0 aliphatic carbocycles. The van der Waals surface area contributed by atoms with Gasteiger partial charge in [0.15, 0.2) is 0 Å². The van der Waals surface area contributed by atoms with Crippen LogP contribution in [0.1, 0.15) is 34.0 Å². The first-order valence-electron chi connectivity index (χ1n) is 10.7. The SMILES string of the molecule is CCOC(=O)c1ccc(N=Cc2c(O)n(-c3ccc(C)c(C)c3)c(=O)c3ccccc23)cc1. The number of carbonyl (C=O) groups is 1. The van der Waals surface area contributed by atoms with Gasteiger partial charge in [-0.2, -0.15) is 0 Å². The van der Waals surface area contributed by atoms with Crippen molar-refractivity contribution in [2.24, 2.45) is 4.99 Å². The molecule has 6 heteroatoms. The van der Waals surface area contributed by atoms with Crippen LogP contribution in [0.3, 0.4) is 0 Å². The van der Waals surface area contributed by atoms with E-state index in [9.17, 15) is 14.7 Å². The summed E-state index contributed by atoms with van der Waals surface area (Å²) in [5.74, 6) is -0.578. The standard InChI is InChI=1S/C27H24N2O4/c1-4-33-27(32)19-10-12-20(13-11-19)28-16-24-22-7-5-6-8-23(22)25(30)29(26(24)31)21-14-9-17(2)18(3)15-21/h5-16,31H,4H2,1-3H3. The number of rotatable bonds is 5. The Balaban J connectivity index is 1.83. The van der Waals surface area contributed by atoms with E-state index in [0.717, 1.165) is 11.1 Å². The van der Waals surface area contributed by atoms with Crippen LogP contribution in [-0.2, 0) is 4.74 Å². The molecule has 3 aromatic carbocycles. The van der Waals surface area contributed by atoms with E-state index in [2.05, 4.69) is 4.99 Å². The van der Waals surface area contributed by atoms with E-state index in [-0.39, 0.29) is 11.4 Å². The zero-order chi connectivity index (χ0) is 23.5. The minimum atomic E-state index is -0.392. The van der Waals surface area contributed by atoms with Crippen LogP contribution >= 0.6 is 0 Å². The van der Waals surface area contributed by atoms with Gasteiger partial charge in [0.25, 0.3) is 5.56 Å². The summed E-state index contributed by atoms with van der Waals surface area (Å²) in [4.78, 5) is 29.6. The van der Waals surface area contributed by atoms with Gasteiger partial charge in [0.2, 0.25) is 5.88 Å². The molecule has 0 atom stereocenters. The lowest BCUT2D eigenvalue weighted by Gasteiger charge is -2.14. The molecule has 1 aromatic heterocycles. The second-order valence-electron chi connectivity index (χ2n) is 7.72. The number of aryl methyl sites for hydroxylation is 2. The van der Waals surface area contributed by atoms with Crippen LogP contribution in [0.4, 0.5) is 5.69 Å². The Morgan fingerprint density at radius 1 is 1.00 bits per heavy atom. The molecule has 0 bridgehead atoms. The molecule has 1 heterocycles. The van der Waals surface area contributed by atoms with Crippen LogP contribution in [0.25, 0.3) is 16.5 Å². The number of benzene rings is 3. The molecule has 0 saturated carbocycles. The largest absolute Gasteiger partial charge is 0.494 e. The Hall–Kier alpha value is -4.19. The van der Waals surface area contributed by atoms with Crippen molar-refractivity contribution in [2.45, 2.75) is 20.8 Å². The van der Waals surface area contributed by atoms with Gasteiger partial charge in [-0.1, -0.05) is 24.3 Å². The topological polar surface area (TPSA) is 80.9 Å². The fraction of sp³-hybridized carbons (Fsp3) is 0.148. The highest BCUT2D eigenvalue weighted by Crippen LogP contribution is 2.27. The van der Waals surface area contributed by atoms with Crippen molar-refractivity contribution >= 4 is 28.6 Å². The molecule has 0 spiro atoms. The Morgan fingerprint density at radius 3 is 2.36 bits per heavy atom. The molecule has 0 fully saturated rings. The number of carbonyl (C=O) groups excluding carboxylic acids is 1. The molecule has 166 valence electrons. The number of hydrogen-bond acceptors (Lipinski definition) is 5. The van der Waals surface area contributed by atoms with E-state index in [1.54, 1.807) is 49.4 Å². The monoisotopic (exact) mass is 440 g/mol. The lowest BCUT2D eigenvalue weighted by molar-refractivity contribution is 0.0526. The molecule has 0 saturated heterocycles. The number of pyridine rings is 1. The number of nitrogens with zero attached hydrogens (tertiary/aromatic N) is 2. The Morgan fingerprint density at radius 2 is 1.70 bits per heavy atom. The molecule has 0 unspecified atom stereocenters. The van der Waals surface area contributed by atoms with Crippen molar-refractivity contribution in [3.8, 4) is 11.6 Å². The first-order chi connectivity index (χ1) is 15.9. The summed E-state index contributed by atoms with van der Waals surface area (Å²) in [7, 11) is 0. The summed E-state index contributed by atoms with van der Waals surface area (Å²) in [6, 6.07) is 19.4. The van der Waals surface area contributed by atoms with Gasteiger partial charge in [0, 0.05) is 17.0 Å². The maximum Gasteiger partial charge on any atom is 0.338 e. The van der Waals surface area contributed by atoms with E-state index in [1.165, 1.54) is 10.8 Å². The maximum atomic E-state index is 13.2. The van der Waals surface area contributed by atoms with Gasteiger partial charge < -0.3 is 9.84 Å². The number of hydrogen-bond donors (Lipinski definition) is 1. The van der Waals surface area contributed by atoms with Gasteiger partial charge in [-0.25, -0.2) is 9.36 Å². The Bertz CT molecular complexity index is 1430. The van der Waals surface area contributed by atoms with Crippen molar-refractivity contribution in [1.29, 1.82) is 0 Å². The first-order valence-corrected chi connectivity index (χ1v) is 10.7. The molecule has 0 amide bonds. The normalized spacial score (nSPS) is 11.2. The van der Waals surface area contributed by atoms with Gasteiger partial charge in [-0.05, 0) is 74.4 Å². The van der Waals surface area contributed by atoms with Crippen LogP contribution in [0, 0.1) is 13.8 Å². The molecule has 6 nitrogen and oxygen atoms in total. The van der Waals surface area contributed by atoms with Crippen molar-refractivity contribution in [2.75, 3.05) is 6.61 Å². The Kier molecular flexibility index (Phi) is 6.09. The predicted octanol–water partition coefficient (Wildman–Crippen LogP) is 5.24. The van der Waals surface area contributed by atoms with Gasteiger partial charge >= 0.3 is 5.97 Å². The summed E-state index contributed by atoms with van der Waals surface area (Å²) in [5, 5.41) is 12.2. The summed E-state index contributed by atoms with van der Waals surface area (Å²) in [6.45, 7) is 6.02. The van der Waals surface area contributed by atoms with Crippen LogP contribution in [0.15, 0.2) is 76.5 Å². The molecule has 0 radical (unpaired) electrons. The van der Waals surface area contributed by atoms with E-state index in [1.807, 2.05) is 38.1 Å². The second kappa shape index (κ2) is 9.12. The average molecular weight is 440 g/mol. The number of fused-ring (bicyclic) bond motifs is 1. The first kappa shape index (κ1) is 22.0. The fourth-order valence-corrected chi connectivity index (χ4v) is 3.63. The number of aliphatic imine (C=N–C) groups is 1. The van der Waals surface area contributed by atoms with Crippen molar-refractivity contribution in [3.05, 3.63) is 99.3 Å². The van der Waals surface area contributed by atoms with Crippen molar-refractivity contribution < 1.29 is 14.6 Å². The van der Waals surface area contributed by atoms with Crippen molar-refractivity contribution in [1.82, 2.24) is 4.57 Å². The smallest absolute Gasteiger partial charge is 0.338 e. The molecular formula is C27H24N2O4. The van der Waals surface area contributed by atoms with Crippen LogP contribution in [0.2, 0.25) is 0 Å². The molecule has 4 rings (SSSR count). The van der Waals surface area contributed by atoms with Crippen LogP contribution in [-0.4, -0.2) is 28.5 Å². The predicted molar refractivity (Wildman–Crippen MR) is 130 cm³/mol. The third-order valence-electron chi connectivity index (χ3n) is 5.57. The molecule has 4 aromatic rings. The summed E-state index contributed by atoms with van der Waals surface area (Å²) < 4.78 is 6.31. The summed E-state index contributed by atoms with van der Waals surface area (Å²) in [5.41, 5.74) is 3.85. The minimum absolute atomic E-state index is 0.186. The van der Waals surface area contributed by atoms with E-state index >= 15 is 0 Å². The van der Waals surface area contributed by atoms with Gasteiger partial charge in [0.1, 0.15) is 0 Å². The third-order valence-corrected chi connectivity index (χ3v) is 5.57. The molecule has 0 aliphatic rings. The lowest BCUT2D eigenvalue weighted by Crippen LogP contribution is -2.20. The Labute approximate surface area is 191 Å². The highest BCUT2D eigenvalue weighted by Gasteiger charge is 2.16.